The molecule has 8 heteroatoms. The van der Waals surface area contributed by atoms with E-state index in [2.05, 4.69) is 75.8 Å². The number of hydrogen-bond acceptors (Lipinski definition) is 8. The van der Waals surface area contributed by atoms with Crippen LogP contribution in [0.25, 0.3) is 10.9 Å². The average molecular weight is 499 g/mol. The lowest BCUT2D eigenvalue weighted by Crippen LogP contribution is -2.51. The minimum atomic E-state index is 0.0881. The Hall–Kier alpha value is -3.25. The van der Waals surface area contributed by atoms with E-state index >= 15 is 0 Å². The molecule has 0 aliphatic carbocycles. The summed E-state index contributed by atoms with van der Waals surface area (Å²) in [7, 11) is 0. The van der Waals surface area contributed by atoms with Crippen molar-refractivity contribution in [2.24, 2.45) is 0 Å². The number of ether oxygens (including phenoxy) is 2. The number of benzene rings is 1. The third-order valence-electron chi connectivity index (χ3n) is 7.77. The van der Waals surface area contributed by atoms with Gasteiger partial charge in [0.1, 0.15) is 6.07 Å². The highest BCUT2D eigenvalue weighted by molar-refractivity contribution is 5.95. The molecule has 0 unspecified atom stereocenters. The van der Waals surface area contributed by atoms with Crippen molar-refractivity contribution < 1.29 is 9.47 Å². The van der Waals surface area contributed by atoms with Crippen LogP contribution in [0.2, 0.25) is 0 Å². The first-order valence-corrected chi connectivity index (χ1v) is 13.2. The summed E-state index contributed by atoms with van der Waals surface area (Å²) in [5.74, 6) is 0. The van der Waals surface area contributed by atoms with Crippen LogP contribution in [0.1, 0.15) is 23.9 Å². The molecule has 37 heavy (non-hydrogen) atoms. The number of morpholine rings is 2. The van der Waals surface area contributed by atoms with Crippen molar-refractivity contribution in [2.45, 2.75) is 45.1 Å². The van der Waals surface area contributed by atoms with Crippen molar-refractivity contribution >= 4 is 22.3 Å². The Kier molecular flexibility index (Phi) is 6.45. The van der Waals surface area contributed by atoms with Gasteiger partial charge in [-0.1, -0.05) is 0 Å². The lowest BCUT2D eigenvalue weighted by atomic mass is 10.1. The average Bonchev–Trinajstić information content (AvgIpc) is 3.29. The Labute approximate surface area is 218 Å². The summed E-state index contributed by atoms with van der Waals surface area (Å²) in [6, 6.07) is 15.0. The second-order valence-corrected chi connectivity index (χ2v) is 10.6. The van der Waals surface area contributed by atoms with Gasteiger partial charge in [-0.2, -0.15) is 5.26 Å². The molecule has 4 atom stereocenters. The quantitative estimate of drug-likeness (QED) is 0.542. The van der Waals surface area contributed by atoms with Crippen LogP contribution in [0.5, 0.6) is 0 Å². The summed E-state index contributed by atoms with van der Waals surface area (Å²) in [6.07, 6.45) is 2.16. The lowest BCUT2D eigenvalue weighted by molar-refractivity contribution is -0.0317. The Balaban J connectivity index is 1.18. The molecule has 3 saturated heterocycles. The molecule has 2 aromatic heterocycles. The van der Waals surface area contributed by atoms with Gasteiger partial charge in [-0.3, -0.25) is 14.9 Å². The molecule has 0 saturated carbocycles. The van der Waals surface area contributed by atoms with Crippen LogP contribution < -0.4 is 9.80 Å². The minimum Gasteiger partial charge on any atom is -0.373 e. The van der Waals surface area contributed by atoms with E-state index in [-0.39, 0.29) is 18.3 Å². The van der Waals surface area contributed by atoms with Crippen molar-refractivity contribution in [2.75, 3.05) is 55.7 Å². The number of aryl methyl sites for hydroxylation is 2. The summed E-state index contributed by atoms with van der Waals surface area (Å²) in [6.45, 7) is 12.3. The fourth-order valence-electron chi connectivity index (χ4n) is 6.37. The van der Waals surface area contributed by atoms with E-state index in [9.17, 15) is 5.26 Å². The van der Waals surface area contributed by atoms with Crippen LogP contribution in [0.4, 0.5) is 11.4 Å². The number of fused-ring (bicyclic) bond motifs is 2. The van der Waals surface area contributed by atoms with Crippen molar-refractivity contribution in [3.05, 3.63) is 59.5 Å². The van der Waals surface area contributed by atoms with Gasteiger partial charge in [-0.05, 0) is 57.2 Å². The largest absolute Gasteiger partial charge is 0.373 e. The maximum atomic E-state index is 9.54. The second-order valence-electron chi connectivity index (χ2n) is 10.6. The number of likely N-dealkylation sites (tertiary alicyclic amines) is 1. The standard InChI is InChI=1S/C29H34N6O2/c1-19-11-23(12-20(2)32-19)35-9-10-36-28-18-33(17-27(28)35)15-24-16-34(14-21(3)37-24)26-7-6-22(13-30)29-25(26)5-4-8-31-29/h4-8,11-12,21,24,27-28H,9-10,14-18H2,1-3H3/t21-,24+,27-,28-/m1/s1. The minimum absolute atomic E-state index is 0.0881. The zero-order chi connectivity index (χ0) is 25.5. The van der Waals surface area contributed by atoms with E-state index < -0.39 is 0 Å². The van der Waals surface area contributed by atoms with Gasteiger partial charge in [0, 0.05) is 73.6 Å². The molecule has 3 aromatic rings. The van der Waals surface area contributed by atoms with Gasteiger partial charge in [0.2, 0.25) is 0 Å². The van der Waals surface area contributed by atoms with Crippen LogP contribution in [-0.4, -0.2) is 85.1 Å². The Morgan fingerprint density at radius 2 is 1.92 bits per heavy atom. The van der Waals surface area contributed by atoms with E-state index in [4.69, 9.17) is 9.47 Å². The molecule has 0 spiro atoms. The van der Waals surface area contributed by atoms with Gasteiger partial charge in [0.15, 0.2) is 0 Å². The van der Waals surface area contributed by atoms with Crippen LogP contribution in [0.3, 0.4) is 0 Å². The molecule has 3 aliphatic rings. The maximum absolute atomic E-state index is 9.54. The predicted octanol–water partition coefficient (Wildman–Crippen LogP) is 3.30. The lowest BCUT2D eigenvalue weighted by Gasteiger charge is -2.40. The number of anilines is 2. The number of aromatic nitrogens is 2. The summed E-state index contributed by atoms with van der Waals surface area (Å²) >= 11 is 0. The van der Waals surface area contributed by atoms with E-state index in [0.717, 1.165) is 73.9 Å². The number of hydrogen-bond donors (Lipinski definition) is 0. The van der Waals surface area contributed by atoms with E-state index in [1.807, 2.05) is 12.1 Å². The first-order valence-electron chi connectivity index (χ1n) is 13.2. The number of nitrogens with zero attached hydrogens (tertiary/aromatic N) is 6. The Morgan fingerprint density at radius 1 is 1.08 bits per heavy atom. The maximum Gasteiger partial charge on any atom is 0.101 e. The van der Waals surface area contributed by atoms with Gasteiger partial charge in [0.05, 0.1) is 42.0 Å². The van der Waals surface area contributed by atoms with Gasteiger partial charge in [0.25, 0.3) is 0 Å². The zero-order valence-electron chi connectivity index (χ0n) is 21.8. The third-order valence-corrected chi connectivity index (χ3v) is 7.77. The molecule has 1 aromatic carbocycles. The van der Waals surface area contributed by atoms with Gasteiger partial charge in [-0.25, -0.2) is 0 Å². The van der Waals surface area contributed by atoms with Crippen molar-refractivity contribution in [1.82, 2.24) is 14.9 Å². The van der Waals surface area contributed by atoms with Crippen LogP contribution in [0, 0.1) is 25.2 Å². The first-order chi connectivity index (χ1) is 18.0. The van der Waals surface area contributed by atoms with E-state index in [1.54, 1.807) is 6.20 Å². The molecule has 6 rings (SSSR count). The van der Waals surface area contributed by atoms with Crippen LogP contribution >= 0.6 is 0 Å². The highest BCUT2D eigenvalue weighted by Crippen LogP contribution is 2.32. The molecule has 0 amide bonds. The van der Waals surface area contributed by atoms with Crippen molar-refractivity contribution in [3.8, 4) is 6.07 Å². The van der Waals surface area contributed by atoms with Gasteiger partial charge < -0.3 is 19.3 Å². The first kappa shape index (κ1) is 24.1. The Bertz CT molecular complexity index is 1320. The summed E-state index contributed by atoms with van der Waals surface area (Å²) in [4.78, 5) is 16.5. The Morgan fingerprint density at radius 3 is 2.73 bits per heavy atom. The van der Waals surface area contributed by atoms with E-state index in [1.165, 1.54) is 5.69 Å². The highest BCUT2D eigenvalue weighted by atomic mass is 16.5. The topological polar surface area (TPSA) is 77.8 Å². The molecule has 192 valence electrons. The summed E-state index contributed by atoms with van der Waals surface area (Å²) < 4.78 is 12.7. The summed E-state index contributed by atoms with van der Waals surface area (Å²) in [5.41, 5.74) is 5.86. The molecule has 3 fully saturated rings. The molecule has 0 bridgehead atoms. The molecule has 8 nitrogen and oxygen atoms in total. The zero-order valence-corrected chi connectivity index (χ0v) is 21.8. The second kappa shape index (κ2) is 9.90. The molecular weight excluding hydrogens is 464 g/mol. The molecule has 0 radical (unpaired) electrons. The van der Waals surface area contributed by atoms with Gasteiger partial charge in [-0.15, -0.1) is 0 Å². The summed E-state index contributed by atoms with van der Waals surface area (Å²) in [5, 5.41) is 10.6. The monoisotopic (exact) mass is 498 g/mol. The van der Waals surface area contributed by atoms with Crippen molar-refractivity contribution in [3.63, 3.8) is 0 Å². The van der Waals surface area contributed by atoms with Crippen molar-refractivity contribution in [1.29, 1.82) is 5.26 Å². The fourth-order valence-corrected chi connectivity index (χ4v) is 6.37. The third kappa shape index (κ3) is 4.75. The molecule has 0 N–H and O–H groups in total. The van der Waals surface area contributed by atoms with E-state index in [0.29, 0.717) is 11.6 Å². The van der Waals surface area contributed by atoms with Crippen LogP contribution in [-0.2, 0) is 9.47 Å². The molecule has 3 aliphatic heterocycles. The fraction of sp³-hybridized carbons (Fsp3) is 0.483. The van der Waals surface area contributed by atoms with Gasteiger partial charge >= 0.3 is 0 Å². The number of nitriles is 1. The normalized spacial score (nSPS) is 26.3. The number of pyridine rings is 2. The number of rotatable bonds is 4. The SMILES string of the molecule is Cc1cc(N2CCO[C@@H]3CN(C[C@H]4CN(c5ccc(C#N)c6ncccc56)C[C@@H](C)O4)C[C@H]32)cc(C)n1. The molecule has 5 heterocycles. The smallest absolute Gasteiger partial charge is 0.101 e. The highest BCUT2D eigenvalue weighted by Gasteiger charge is 2.41. The van der Waals surface area contributed by atoms with Crippen LogP contribution in [0.15, 0.2) is 42.6 Å². The molecular formula is C29H34N6O2. The predicted molar refractivity (Wildman–Crippen MR) is 144 cm³/mol.